The van der Waals surface area contributed by atoms with Gasteiger partial charge in [-0.2, -0.15) is 0 Å². The van der Waals surface area contributed by atoms with E-state index in [4.69, 9.17) is 0 Å². The topological polar surface area (TPSA) is 46.2 Å². The number of amides is 2. The van der Waals surface area contributed by atoms with Gasteiger partial charge in [-0.25, -0.2) is 0 Å². The number of rotatable bonds is 0. The molecule has 3 nitrogen and oxygen atoms in total. The lowest BCUT2D eigenvalue weighted by atomic mass is 9.91. The van der Waals surface area contributed by atoms with Crippen LogP contribution < -0.4 is 5.32 Å². The van der Waals surface area contributed by atoms with Crippen molar-refractivity contribution in [2.24, 2.45) is 5.41 Å². The molecule has 0 atom stereocenters. The van der Waals surface area contributed by atoms with Gasteiger partial charge in [-0.15, -0.1) is 0 Å². The number of allylic oxidation sites excluding steroid dienone is 1. The lowest BCUT2D eigenvalue weighted by molar-refractivity contribution is -0.124. The van der Waals surface area contributed by atoms with E-state index in [0.717, 1.165) is 24.8 Å². The molecular formula is C11H15NO2. The van der Waals surface area contributed by atoms with Crippen LogP contribution in [0.1, 0.15) is 39.5 Å². The van der Waals surface area contributed by atoms with Crippen LogP contribution in [0.2, 0.25) is 0 Å². The molecule has 0 aromatic rings. The van der Waals surface area contributed by atoms with Gasteiger partial charge in [0.2, 0.25) is 5.91 Å². The molecule has 14 heavy (non-hydrogen) atoms. The zero-order valence-electron chi connectivity index (χ0n) is 8.64. The van der Waals surface area contributed by atoms with Gasteiger partial charge in [0.25, 0.3) is 5.91 Å². The van der Waals surface area contributed by atoms with E-state index in [2.05, 4.69) is 19.2 Å². The lowest BCUT2D eigenvalue weighted by Crippen LogP contribution is -2.19. The molecule has 76 valence electrons. The highest BCUT2D eigenvalue weighted by molar-refractivity contribution is 6.13. The van der Waals surface area contributed by atoms with Crippen LogP contribution in [0.25, 0.3) is 0 Å². The van der Waals surface area contributed by atoms with Crippen molar-refractivity contribution in [3.05, 3.63) is 11.1 Å². The number of carbonyl (C=O) groups excluding carboxylic acids is 2. The minimum absolute atomic E-state index is 0.151. The first-order valence-corrected chi connectivity index (χ1v) is 5.03. The second-order valence-electron chi connectivity index (χ2n) is 4.98. The fourth-order valence-electron chi connectivity index (χ4n) is 2.27. The van der Waals surface area contributed by atoms with Crippen LogP contribution in [-0.2, 0) is 9.59 Å². The first-order valence-electron chi connectivity index (χ1n) is 5.03. The fraction of sp³-hybridized carbons (Fsp3) is 0.636. The standard InChI is InChI=1S/C11H15NO2/c1-11(2)4-3-7(6-11)8-5-9(13)12-10(8)14/h3-6H2,1-2H3,(H,12,13,14). The van der Waals surface area contributed by atoms with Gasteiger partial charge in [-0.1, -0.05) is 19.4 Å². The molecule has 2 aliphatic rings. The summed E-state index contributed by atoms with van der Waals surface area (Å²) in [5.41, 5.74) is 2.23. The summed E-state index contributed by atoms with van der Waals surface area (Å²) in [6, 6.07) is 0. The van der Waals surface area contributed by atoms with Gasteiger partial charge in [-0.05, 0) is 24.7 Å². The first kappa shape index (κ1) is 9.44. The summed E-state index contributed by atoms with van der Waals surface area (Å²) in [7, 11) is 0. The maximum atomic E-state index is 11.4. The fourth-order valence-corrected chi connectivity index (χ4v) is 2.27. The Hall–Kier alpha value is -1.12. The molecule has 1 aliphatic heterocycles. The van der Waals surface area contributed by atoms with E-state index in [-0.39, 0.29) is 11.8 Å². The molecule has 1 heterocycles. The van der Waals surface area contributed by atoms with Crippen molar-refractivity contribution in [1.29, 1.82) is 0 Å². The Morgan fingerprint density at radius 3 is 2.43 bits per heavy atom. The largest absolute Gasteiger partial charge is 0.292 e. The molecule has 0 radical (unpaired) electrons. The number of nitrogens with one attached hydrogen (secondary N) is 1. The SMILES string of the molecule is CC1(C)CCC(=C2CC(=O)NC2=O)C1. The van der Waals surface area contributed by atoms with Gasteiger partial charge in [0.05, 0.1) is 6.42 Å². The first-order chi connectivity index (χ1) is 6.48. The summed E-state index contributed by atoms with van der Waals surface area (Å²) in [6.07, 6.45) is 3.35. The quantitative estimate of drug-likeness (QED) is 0.468. The highest BCUT2D eigenvalue weighted by atomic mass is 16.2. The van der Waals surface area contributed by atoms with Crippen LogP contribution in [0.4, 0.5) is 0 Å². The van der Waals surface area contributed by atoms with Crippen molar-refractivity contribution in [3.63, 3.8) is 0 Å². The van der Waals surface area contributed by atoms with Crippen LogP contribution in [-0.4, -0.2) is 11.8 Å². The minimum Gasteiger partial charge on any atom is -0.292 e. The predicted molar refractivity (Wildman–Crippen MR) is 52.4 cm³/mol. The Morgan fingerprint density at radius 2 is 2.00 bits per heavy atom. The van der Waals surface area contributed by atoms with Crippen molar-refractivity contribution in [2.75, 3.05) is 0 Å². The molecule has 0 aromatic carbocycles. The molecule has 1 saturated carbocycles. The summed E-state index contributed by atoms with van der Waals surface area (Å²) in [5.74, 6) is -0.315. The van der Waals surface area contributed by atoms with E-state index in [0.29, 0.717) is 11.8 Å². The third kappa shape index (κ3) is 1.59. The third-order valence-electron chi connectivity index (χ3n) is 3.09. The van der Waals surface area contributed by atoms with E-state index >= 15 is 0 Å². The maximum Gasteiger partial charge on any atom is 0.254 e. The van der Waals surface area contributed by atoms with Crippen LogP contribution in [0.5, 0.6) is 0 Å². The Morgan fingerprint density at radius 1 is 1.29 bits per heavy atom. The van der Waals surface area contributed by atoms with Gasteiger partial charge in [0.1, 0.15) is 0 Å². The molecule has 1 N–H and O–H groups in total. The summed E-state index contributed by atoms with van der Waals surface area (Å²) >= 11 is 0. The van der Waals surface area contributed by atoms with Gasteiger partial charge >= 0.3 is 0 Å². The Labute approximate surface area is 83.6 Å². The van der Waals surface area contributed by atoms with E-state index in [9.17, 15) is 9.59 Å². The van der Waals surface area contributed by atoms with E-state index in [1.165, 1.54) is 5.57 Å². The van der Waals surface area contributed by atoms with Crippen LogP contribution >= 0.6 is 0 Å². The summed E-state index contributed by atoms with van der Waals surface area (Å²) in [6.45, 7) is 4.41. The summed E-state index contributed by atoms with van der Waals surface area (Å²) in [4.78, 5) is 22.4. The normalized spacial score (nSPS) is 31.0. The number of imide groups is 1. The van der Waals surface area contributed by atoms with Crippen molar-refractivity contribution in [2.45, 2.75) is 39.5 Å². The Bertz CT molecular complexity index is 339. The second kappa shape index (κ2) is 2.94. The molecule has 2 amide bonds. The lowest BCUT2D eigenvalue weighted by Gasteiger charge is -2.14. The smallest absolute Gasteiger partial charge is 0.254 e. The third-order valence-corrected chi connectivity index (χ3v) is 3.09. The van der Waals surface area contributed by atoms with Gasteiger partial charge in [-0.3, -0.25) is 14.9 Å². The number of hydrogen-bond acceptors (Lipinski definition) is 2. The molecule has 2 rings (SSSR count). The molecule has 3 heteroatoms. The molecule has 1 saturated heterocycles. The Balaban J connectivity index is 2.26. The monoisotopic (exact) mass is 193 g/mol. The van der Waals surface area contributed by atoms with Crippen molar-refractivity contribution in [3.8, 4) is 0 Å². The van der Waals surface area contributed by atoms with Crippen molar-refractivity contribution < 1.29 is 9.59 Å². The molecule has 0 unspecified atom stereocenters. The van der Waals surface area contributed by atoms with Gasteiger partial charge in [0.15, 0.2) is 0 Å². The zero-order chi connectivity index (χ0) is 10.3. The van der Waals surface area contributed by atoms with E-state index in [1.807, 2.05) is 0 Å². The van der Waals surface area contributed by atoms with Crippen molar-refractivity contribution in [1.82, 2.24) is 5.32 Å². The number of hydrogen-bond donors (Lipinski definition) is 1. The highest BCUT2D eigenvalue weighted by Crippen LogP contribution is 2.42. The van der Waals surface area contributed by atoms with Gasteiger partial charge in [0, 0.05) is 5.57 Å². The molecule has 2 fully saturated rings. The van der Waals surface area contributed by atoms with E-state index in [1.54, 1.807) is 0 Å². The average Bonchev–Trinajstić information content (AvgIpc) is 2.55. The zero-order valence-corrected chi connectivity index (χ0v) is 8.64. The maximum absolute atomic E-state index is 11.4. The summed E-state index contributed by atoms with van der Waals surface area (Å²) < 4.78 is 0. The van der Waals surface area contributed by atoms with Crippen molar-refractivity contribution >= 4 is 11.8 Å². The predicted octanol–water partition coefficient (Wildman–Crippen LogP) is 1.54. The molecule has 0 spiro atoms. The molecule has 0 bridgehead atoms. The van der Waals surface area contributed by atoms with Crippen LogP contribution in [0.15, 0.2) is 11.1 Å². The van der Waals surface area contributed by atoms with E-state index < -0.39 is 0 Å². The summed E-state index contributed by atoms with van der Waals surface area (Å²) in [5, 5.41) is 2.34. The number of carbonyl (C=O) groups is 2. The van der Waals surface area contributed by atoms with Gasteiger partial charge < -0.3 is 0 Å². The second-order valence-corrected chi connectivity index (χ2v) is 4.98. The minimum atomic E-state index is -0.164. The van der Waals surface area contributed by atoms with Crippen LogP contribution in [0.3, 0.4) is 0 Å². The van der Waals surface area contributed by atoms with Crippen LogP contribution in [0, 0.1) is 5.41 Å². The Kier molecular flexibility index (Phi) is 1.98. The highest BCUT2D eigenvalue weighted by Gasteiger charge is 2.33. The molecular weight excluding hydrogens is 178 g/mol. The molecule has 1 aliphatic carbocycles. The average molecular weight is 193 g/mol. The molecule has 0 aromatic heterocycles.